The smallest absolute Gasteiger partial charge is 0.314 e. The van der Waals surface area contributed by atoms with Crippen LogP contribution in [0.2, 0.25) is 5.02 Å². The van der Waals surface area contributed by atoms with Crippen LogP contribution in [0.1, 0.15) is 33.2 Å². The van der Waals surface area contributed by atoms with E-state index in [1.54, 1.807) is 0 Å². The number of amides is 4. The standard InChI is InChI=1S/C22H27ClN8O4S/c1-29(2)22(35)14(10-25-18(32)19(33)28-17-6-5-13(23)9-24-17)26-20(34)21-27-15-11-30-7-3-4-8-31(30)12-16(15)36-21/h5-6,9,14H,3-4,7-8,10-12H2,1-2H3,(H,25,32)(H,26,34)(H,24,28,33). The van der Waals surface area contributed by atoms with Gasteiger partial charge in [0.2, 0.25) is 5.91 Å². The third kappa shape index (κ3) is 6.16. The van der Waals surface area contributed by atoms with Crippen LogP contribution in [0.5, 0.6) is 0 Å². The summed E-state index contributed by atoms with van der Waals surface area (Å²) in [6, 6.07) is 1.87. The quantitative estimate of drug-likeness (QED) is 0.454. The molecule has 3 N–H and O–H groups in total. The molecule has 4 amide bonds. The first kappa shape index (κ1) is 25.9. The monoisotopic (exact) mass is 534 g/mol. The van der Waals surface area contributed by atoms with Gasteiger partial charge < -0.3 is 20.9 Å². The first-order chi connectivity index (χ1) is 17.2. The fourth-order valence-corrected chi connectivity index (χ4v) is 5.02. The van der Waals surface area contributed by atoms with Gasteiger partial charge in [-0.2, -0.15) is 0 Å². The molecule has 0 spiro atoms. The number of hydrogen-bond donors (Lipinski definition) is 3. The first-order valence-corrected chi connectivity index (χ1v) is 12.6. The number of hydrogen-bond acceptors (Lipinski definition) is 9. The molecule has 4 rings (SSSR count). The number of hydrazine groups is 1. The lowest BCUT2D eigenvalue weighted by Gasteiger charge is -2.41. The third-order valence-electron chi connectivity index (χ3n) is 5.80. The Morgan fingerprint density at radius 3 is 2.50 bits per heavy atom. The SMILES string of the molecule is CN(C)C(=O)C(CNC(=O)C(=O)Nc1ccc(Cl)cn1)NC(=O)c1nc2c(s1)CN1CCCCN1C2. The first-order valence-electron chi connectivity index (χ1n) is 11.4. The van der Waals surface area contributed by atoms with E-state index in [0.717, 1.165) is 36.5 Å². The fraction of sp³-hybridized carbons (Fsp3) is 0.455. The van der Waals surface area contributed by atoms with Gasteiger partial charge in [0.15, 0.2) is 5.01 Å². The lowest BCUT2D eigenvalue weighted by atomic mass is 10.2. The summed E-state index contributed by atoms with van der Waals surface area (Å²) in [7, 11) is 3.07. The molecule has 1 fully saturated rings. The maximum absolute atomic E-state index is 13.0. The number of thiazole rings is 1. The van der Waals surface area contributed by atoms with Crippen LogP contribution in [-0.4, -0.2) is 88.3 Å². The molecule has 4 heterocycles. The highest BCUT2D eigenvalue weighted by molar-refractivity contribution is 7.13. The van der Waals surface area contributed by atoms with Gasteiger partial charge in [-0.15, -0.1) is 11.3 Å². The maximum atomic E-state index is 13.0. The number of nitrogens with zero attached hydrogens (tertiary/aromatic N) is 5. The minimum absolute atomic E-state index is 0.147. The Morgan fingerprint density at radius 1 is 1.11 bits per heavy atom. The van der Waals surface area contributed by atoms with Gasteiger partial charge in [-0.05, 0) is 25.0 Å². The topological polar surface area (TPSA) is 140 Å². The highest BCUT2D eigenvalue weighted by Gasteiger charge is 2.31. The van der Waals surface area contributed by atoms with E-state index >= 15 is 0 Å². The van der Waals surface area contributed by atoms with Crippen molar-refractivity contribution in [3.8, 4) is 0 Å². The molecule has 2 aliphatic heterocycles. The zero-order valence-electron chi connectivity index (χ0n) is 19.9. The van der Waals surface area contributed by atoms with E-state index in [2.05, 4.69) is 35.9 Å². The summed E-state index contributed by atoms with van der Waals surface area (Å²) in [5, 5.41) is 12.6. The summed E-state index contributed by atoms with van der Waals surface area (Å²) in [5.41, 5.74) is 0.875. The Labute approximate surface area is 217 Å². The van der Waals surface area contributed by atoms with E-state index in [1.165, 1.54) is 48.7 Å². The second-order valence-corrected chi connectivity index (χ2v) is 10.2. The van der Waals surface area contributed by atoms with Crippen LogP contribution in [0.25, 0.3) is 0 Å². The van der Waals surface area contributed by atoms with Crippen LogP contribution in [0.4, 0.5) is 5.82 Å². The van der Waals surface area contributed by atoms with Crippen molar-refractivity contribution >= 4 is 52.4 Å². The van der Waals surface area contributed by atoms with E-state index in [1.807, 2.05) is 0 Å². The summed E-state index contributed by atoms with van der Waals surface area (Å²) < 4.78 is 0. The van der Waals surface area contributed by atoms with Gasteiger partial charge in [0, 0.05) is 51.3 Å². The Bertz CT molecular complexity index is 1120. The maximum Gasteiger partial charge on any atom is 0.314 e. The zero-order chi connectivity index (χ0) is 25.8. The molecular weight excluding hydrogens is 508 g/mol. The average Bonchev–Trinajstić information content (AvgIpc) is 3.28. The van der Waals surface area contributed by atoms with Crippen molar-refractivity contribution in [2.45, 2.75) is 32.0 Å². The molecule has 2 aromatic rings. The summed E-state index contributed by atoms with van der Waals surface area (Å²) in [5.74, 6) is -2.74. The molecule has 2 aromatic heterocycles. The Hall–Kier alpha value is -3.13. The van der Waals surface area contributed by atoms with Gasteiger partial charge >= 0.3 is 11.8 Å². The van der Waals surface area contributed by atoms with Crippen molar-refractivity contribution in [3.05, 3.63) is 38.9 Å². The lowest BCUT2D eigenvalue weighted by Crippen LogP contribution is -2.53. The molecule has 1 saturated heterocycles. The van der Waals surface area contributed by atoms with Crippen molar-refractivity contribution < 1.29 is 19.2 Å². The van der Waals surface area contributed by atoms with Crippen LogP contribution in [0.3, 0.4) is 0 Å². The summed E-state index contributed by atoms with van der Waals surface area (Å²) in [6.07, 6.45) is 3.61. The molecular formula is C22H27ClN8O4S. The van der Waals surface area contributed by atoms with Gasteiger partial charge in [0.05, 0.1) is 17.3 Å². The van der Waals surface area contributed by atoms with Gasteiger partial charge in [-0.3, -0.25) is 19.2 Å². The summed E-state index contributed by atoms with van der Waals surface area (Å²) >= 11 is 7.07. The van der Waals surface area contributed by atoms with E-state index < -0.39 is 29.7 Å². The molecule has 1 atom stereocenters. The molecule has 14 heteroatoms. The fourth-order valence-electron chi connectivity index (χ4n) is 3.93. The molecule has 36 heavy (non-hydrogen) atoms. The number of rotatable bonds is 6. The van der Waals surface area contributed by atoms with Crippen LogP contribution >= 0.6 is 22.9 Å². The predicted molar refractivity (Wildman–Crippen MR) is 133 cm³/mol. The Kier molecular flexibility index (Phi) is 8.14. The van der Waals surface area contributed by atoms with Gasteiger partial charge in [0.25, 0.3) is 5.91 Å². The van der Waals surface area contributed by atoms with Gasteiger partial charge in [-0.25, -0.2) is 20.0 Å². The molecule has 0 saturated carbocycles. The number of pyridine rings is 1. The van der Waals surface area contributed by atoms with E-state index in [4.69, 9.17) is 11.6 Å². The molecule has 0 aliphatic carbocycles. The molecule has 0 bridgehead atoms. The number of fused-ring (bicyclic) bond motifs is 2. The van der Waals surface area contributed by atoms with E-state index in [9.17, 15) is 19.2 Å². The Balaban J connectivity index is 1.37. The number of carbonyl (C=O) groups excluding carboxylic acids is 4. The molecule has 0 aromatic carbocycles. The van der Waals surface area contributed by atoms with Crippen molar-refractivity contribution in [2.24, 2.45) is 0 Å². The predicted octanol–water partition coefficient (Wildman–Crippen LogP) is 0.459. The van der Waals surface area contributed by atoms with Crippen molar-refractivity contribution in [3.63, 3.8) is 0 Å². The number of halogens is 1. The number of carbonyl (C=O) groups is 4. The van der Waals surface area contributed by atoms with Gasteiger partial charge in [-0.1, -0.05) is 11.6 Å². The van der Waals surface area contributed by atoms with E-state index in [-0.39, 0.29) is 17.4 Å². The highest BCUT2D eigenvalue weighted by atomic mass is 35.5. The van der Waals surface area contributed by atoms with Crippen molar-refractivity contribution in [2.75, 3.05) is 39.0 Å². The van der Waals surface area contributed by atoms with Crippen LogP contribution in [0.15, 0.2) is 18.3 Å². The number of anilines is 1. The van der Waals surface area contributed by atoms with Crippen molar-refractivity contribution in [1.82, 2.24) is 35.5 Å². The summed E-state index contributed by atoms with van der Waals surface area (Å²) in [6.45, 7) is 3.05. The van der Waals surface area contributed by atoms with Crippen LogP contribution < -0.4 is 16.0 Å². The number of likely N-dealkylation sites (N-methyl/N-ethyl adjacent to an activating group) is 1. The minimum Gasteiger partial charge on any atom is -0.347 e. The van der Waals surface area contributed by atoms with Gasteiger partial charge in [0.1, 0.15) is 11.9 Å². The van der Waals surface area contributed by atoms with E-state index in [0.29, 0.717) is 18.1 Å². The lowest BCUT2D eigenvalue weighted by molar-refractivity contribution is -0.136. The summed E-state index contributed by atoms with van der Waals surface area (Å²) in [4.78, 5) is 60.9. The van der Waals surface area contributed by atoms with Crippen molar-refractivity contribution in [1.29, 1.82) is 0 Å². The average molecular weight is 535 g/mol. The molecule has 2 aliphatic rings. The Morgan fingerprint density at radius 2 is 1.83 bits per heavy atom. The second-order valence-electron chi connectivity index (χ2n) is 8.66. The normalized spacial score (nSPS) is 16.3. The molecule has 1 unspecified atom stereocenters. The third-order valence-corrected chi connectivity index (χ3v) is 7.10. The largest absolute Gasteiger partial charge is 0.347 e. The van der Waals surface area contributed by atoms with Crippen LogP contribution in [0, 0.1) is 0 Å². The number of nitrogens with one attached hydrogen (secondary N) is 3. The number of aromatic nitrogens is 2. The highest BCUT2D eigenvalue weighted by Crippen LogP contribution is 2.29. The zero-order valence-corrected chi connectivity index (χ0v) is 21.5. The second kappa shape index (κ2) is 11.3. The minimum atomic E-state index is -1.09. The van der Waals surface area contributed by atoms with Crippen LogP contribution in [-0.2, 0) is 27.5 Å². The molecule has 192 valence electrons. The molecule has 12 nitrogen and oxygen atoms in total. The molecule has 0 radical (unpaired) electrons.